The molecular formula is C7H10N2O2S. The van der Waals surface area contributed by atoms with Gasteiger partial charge < -0.3 is 9.67 Å². The molecule has 0 spiro atoms. The molecule has 0 aliphatic carbocycles. The Morgan fingerprint density at radius 1 is 1.83 bits per heavy atom. The number of imidazole rings is 1. The van der Waals surface area contributed by atoms with Crippen LogP contribution in [0.5, 0.6) is 0 Å². The number of carboxylic acids is 1. The summed E-state index contributed by atoms with van der Waals surface area (Å²) < 4.78 is 1.63. The van der Waals surface area contributed by atoms with E-state index in [1.165, 1.54) is 6.20 Å². The smallest absolute Gasteiger partial charge is 0.354 e. The molecule has 0 aromatic carbocycles. The van der Waals surface area contributed by atoms with E-state index in [4.69, 9.17) is 5.11 Å². The molecule has 0 fully saturated rings. The number of aromatic nitrogens is 2. The molecule has 0 saturated carbocycles. The highest BCUT2D eigenvalue weighted by atomic mass is 32.1. The minimum absolute atomic E-state index is 0.224. The fraction of sp³-hybridized carbons (Fsp3) is 0.429. The summed E-state index contributed by atoms with van der Waals surface area (Å²) in [4.78, 5) is 14.6. The largest absolute Gasteiger partial charge is 0.477 e. The summed E-state index contributed by atoms with van der Waals surface area (Å²) in [5.74, 6) is 0.205. The molecule has 1 rings (SSSR count). The first-order valence-corrected chi connectivity index (χ1v) is 4.22. The van der Waals surface area contributed by atoms with E-state index in [-0.39, 0.29) is 5.69 Å². The van der Waals surface area contributed by atoms with Gasteiger partial charge in [-0.15, -0.1) is 0 Å². The molecule has 0 aliphatic rings. The van der Waals surface area contributed by atoms with Crippen molar-refractivity contribution in [3.63, 3.8) is 0 Å². The van der Waals surface area contributed by atoms with Gasteiger partial charge in [-0.05, 0) is 6.92 Å². The zero-order valence-corrected chi connectivity index (χ0v) is 7.58. The second-order valence-corrected chi connectivity index (χ2v) is 2.58. The molecule has 1 aromatic heterocycles. The van der Waals surface area contributed by atoms with Crippen molar-refractivity contribution in [2.75, 3.05) is 0 Å². The maximum Gasteiger partial charge on any atom is 0.354 e. The summed E-state index contributed by atoms with van der Waals surface area (Å²) in [6.45, 7) is 2.48. The Hall–Kier alpha value is -0.970. The molecule has 5 heteroatoms. The number of aromatic carboxylic acids is 1. The first-order valence-electron chi connectivity index (χ1n) is 3.59. The van der Waals surface area contributed by atoms with Crippen LogP contribution in [0.15, 0.2) is 6.20 Å². The van der Waals surface area contributed by atoms with Gasteiger partial charge in [-0.2, -0.15) is 12.6 Å². The molecule has 66 valence electrons. The van der Waals surface area contributed by atoms with Gasteiger partial charge in [0.25, 0.3) is 0 Å². The van der Waals surface area contributed by atoms with E-state index in [0.29, 0.717) is 18.1 Å². The van der Waals surface area contributed by atoms with Crippen LogP contribution in [0.3, 0.4) is 0 Å². The first kappa shape index (κ1) is 9.12. The van der Waals surface area contributed by atoms with Gasteiger partial charge in [0.15, 0.2) is 0 Å². The molecule has 0 radical (unpaired) electrons. The van der Waals surface area contributed by atoms with Gasteiger partial charge >= 0.3 is 5.97 Å². The minimum atomic E-state index is -0.947. The molecular weight excluding hydrogens is 176 g/mol. The van der Waals surface area contributed by atoms with E-state index in [1.54, 1.807) is 4.57 Å². The molecule has 4 nitrogen and oxygen atoms in total. The average molecular weight is 186 g/mol. The SMILES string of the molecule is CCn1c(C(=O)O)cnc1CS. The number of carbonyl (C=O) groups is 1. The molecule has 1 aromatic rings. The number of thiol groups is 1. The van der Waals surface area contributed by atoms with Crippen molar-refractivity contribution in [3.8, 4) is 0 Å². The Kier molecular flexibility index (Phi) is 2.75. The number of nitrogens with zero attached hydrogens (tertiary/aromatic N) is 2. The van der Waals surface area contributed by atoms with Crippen LogP contribution in [0, 0.1) is 0 Å². The quantitative estimate of drug-likeness (QED) is 0.693. The highest BCUT2D eigenvalue weighted by molar-refractivity contribution is 7.79. The Morgan fingerprint density at radius 3 is 2.92 bits per heavy atom. The van der Waals surface area contributed by atoms with E-state index < -0.39 is 5.97 Å². The van der Waals surface area contributed by atoms with Crippen LogP contribution in [0.4, 0.5) is 0 Å². The van der Waals surface area contributed by atoms with Crippen molar-refractivity contribution in [2.45, 2.75) is 19.2 Å². The molecule has 0 saturated heterocycles. The Morgan fingerprint density at radius 2 is 2.50 bits per heavy atom. The van der Waals surface area contributed by atoms with Crippen LogP contribution in [0.1, 0.15) is 23.2 Å². The van der Waals surface area contributed by atoms with Gasteiger partial charge in [-0.1, -0.05) is 0 Å². The third-order valence-corrected chi connectivity index (χ3v) is 1.90. The van der Waals surface area contributed by atoms with Gasteiger partial charge in [0, 0.05) is 12.3 Å². The van der Waals surface area contributed by atoms with Crippen molar-refractivity contribution in [3.05, 3.63) is 17.7 Å². The Bertz CT molecular complexity index is 296. The van der Waals surface area contributed by atoms with Crippen LogP contribution in [-0.2, 0) is 12.3 Å². The molecule has 12 heavy (non-hydrogen) atoms. The van der Waals surface area contributed by atoms with Crippen molar-refractivity contribution < 1.29 is 9.90 Å². The van der Waals surface area contributed by atoms with Crippen LogP contribution in [0.2, 0.25) is 0 Å². The van der Waals surface area contributed by atoms with Crippen LogP contribution in [-0.4, -0.2) is 20.6 Å². The van der Waals surface area contributed by atoms with Crippen LogP contribution < -0.4 is 0 Å². The lowest BCUT2D eigenvalue weighted by Gasteiger charge is -2.03. The molecule has 0 atom stereocenters. The summed E-state index contributed by atoms with van der Waals surface area (Å²) in [5, 5.41) is 8.72. The maximum atomic E-state index is 10.6. The third-order valence-electron chi connectivity index (χ3n) is 1.61. The summed E-state index contributed by atoms with van der Waals surface area (Å²) in [6, 6.07) is 0. The van der Waals surface area contributed by atoms with Crippen LogP contribution in [0.25, 0.3) is 0 Å². The zero-order chi connectivity index (χ0) is 9.14. The second kappa shape index (κ2) is 3.62. The standard InChI is InChI=1S/C7H10N2O2S/c1-2-9-5(7(10)11)3-8-6(9)4-12/h3,12H,2,4H2,1H3,(H,10,11). The summed E-state index contributed by atoms with van der Waals surface area (Å²) in [6.07, 6.45) is 1.36. The molecule has 0 unspecified atom stereocenters. The van der Waals surface area contributed by atoms with Crippen LogP contribution >= 0.6 is 12.6 Å². The fourth-order valence-corrected chi connectivity index (χ4v) is 1.32. The van der Waals surface area contributed by atoms with E-state index in [1.807, 2.05) is 6.92 Å². The monoisotopic (exact) mass is 186 g/mol. The zero-order valence-electron chi connectivity index (χ0n) is 6.69. The summed E-state index contributed by atoms with van der Waals surface area (Å²) in [5.41, 5.74) is 0.224. The van der Waals surface area contributed by atoms with Gasteiger partial charge in [0.1, 0.15) is 11.5 Å². The predicted molar refractivity (Wildman–Crippen MR) is 47.6 cm³/mol. The minimum Gasteiger partial charge on any atom is -0.477 e. The lowest BCUT2D eigenvalue weighted by atomic mass is 10.4. The maximum absolute atomic E-state index is 10.6. The molecule has 0 aliphatic heterocycles. The summed E-state index contributed by atoms with van der Waals surface area (Å²) in [7, 11) is 0. The van der Waals surface area contributed by atoms with Crippen molar-refractivity contribution in [2.24, 2.45) is 0 Å². The highest BCUT2D eigenvalue weighted by Crippen LogP contribution is 2.07. The number of rotatable bonds is 3. The normalized spacial score (nSPS) is 10.2. The lowest BCUT2D eigenvalue weighted by Crippen LogP contribution is -2.09. The first-order chi connectivity index (χ1) is 5.70. The van der Waals surface area contributed by atoms with Crippen molar-refractivity contribution >= 4 is 18.6 Å². The van der Waals surface area contributed by atoms with Gasteiger partial charge in [-0.25, -0.2) is 9.78 Å². The Labute approximate surface area is 75.6 Å². The van der Waals surface area contributed by atoms with Gasteiger partial charge in [0.05, 0.1) is 6.20 Å². The van der Waals surface area contributed by atoms with E-state index in [2.05, 4.69) is 17.6 Å². The van der Waals surface area contributed by atoms with E-state index >= 15 is 0 Å². The predicted octanol–water partition coefficient (Wildman–Crippen LogP) is 1.03. The molecule has 0 amide bonds. The topological polar surface area (TPSA) is 55.1 Å². The highest BCUT2D eigenvalue weighted by Gasteiger charge is 2.12. The second-order valence-electron chi connectivity index (χ2n) is 2.27. The molecule has 1 heterocycles. The van der Waals surface area contributed by atoms with Crippen molar-refractivity contribution in [1.82, 2.24) is 9.55 Å². The van der Waals surface area contributed by atoms with Gasteiger partial charge in [0.2, 0.25) is 0 Å². The lowest BCUT2D eigenvalue weighted by molar-refractivity contribution is 0.0685. The van der Waals surface area contributed by atoms with Gasteiger partial charge in [-0.3, -0.25) is 0 Å². The average Bonchev–Trinajstić information content (AvgIpc) is 2.46. The molecule has 0 bridgehead atoms. The number of hydrogen-bond donors (Lipinski definition) is 2. The fourth-order valence-electron chi connectivity index (χ4n) is 1.06. The van der Waals surface area contributed by atoms with Crippen molar-refractivity contribution in [1.29, 1.82) is 0 Å². The summed E-state index contributed by atoms with van der Waals surface area (Å²) >= 11 is 4.04. The molecule has 1 N–H and O–H groups in total. The third kappa shape index (κ3) is 1.45. The number of carboxylic acid groups (broad SMARTS) is 1. The number of hydrogen-bond acceptors (Lipinski definition) is 3. The van der Waals surface area contributed by atoms with E-state index in [0.717, 1.165) is 0 Å². The van der Waals surface area contributed by atoms with E-state index in [9.17, 15) is 4.79 Å². The Balaban J connectivity index is 3.13.